The summed E-state index contributed by atoms with van der Waals surface area (Å²) in [5.74, 6) is 1.81. The molecule has 0 amide bonds. The van der Waals surface area contributed by atoms with Crippen molar-refractivity contribution in [3.8, 4) is 5.75 Å². The maximum atomic E-state index is 9.44. The van der Waals surface area contributed by atoms with E-state index in [9.17, 15) is 5.11 Å². The first-order valence-electron chi connectivity index (χ1n) is 8.27. The minimum absolute atomic E-state index is 0.257. The van der Waals surface area contributed by atoms with Crippen molar-refractivity contribution >= 4 is 28.4 Å². The fourth-order valence-electron chi connectivity index (χ4n) is 3.12. The van der Waals surface area contributed by atoms with Gasteiger partial charge in [-0.2, -0.15) is 9.78 Å². The number of phenols is 1. The predicted molar refractivity (Wildman–Crippen MR) is 102 cm³/mol. The SMILES string of the molecule is Oc1ccc(Cc2nnc3n2N=C(c2c[nH]c4ccccc24)CS3)cc1. The highest BCUT2D eigenvalue weighted by molar-refractivity contribution is 7.99. The summed E-state index contributed by atoms with van der Waals surface area (Å²) in [6.07, 6.45) is 2.62. The van der Waals surface area contributed by atoms with E-state index in [1.54, 1.807) is 23.9 Å². The Morgan fingerprint density at radius 2 is 1.92 bits per heavy atom. The average Bonchev–Trinajstić information content (AvgIpc) is 3.27. The Morgan fingerprint density at radius 3 is 2.81 bits per heavy atom. The van der Waals surface area contributed by atoms with Crippen LogP contribution in [0, 0.1) is 0 Å². The molecule has 0 spiro atoms. The molecule has 0 unspecified atom stereocenters. The number of hydrogen-bond acceptors (Lipinski definition) is 5. The zero-order valence-corrected chi connectivity index (χ0v) is 14.6. The highest BCUT2D eigenvalue weighted by Gasteiger charge is 2.21. The van der Waals surface area contributed by atoms with Crippen LogP contribution in [-0.2, 0) is 6.42 Å². The van der Waals surface area contributed by atoms with E-state index in [-0.39, 0.29) is 5.75 Å². The van der Waals surface area contributed by atoms with Crippen molar-refractivity contribution in [1.29, 1.82) is 0 Å². The third-order valence-electron chi connectivity index (χ3n) is 4.43. The summed E-state index contributed by atoms with van der Waals surface area (Å²) in [5, 5.41) is 24.8. The van der Waals surface area contributed by atoms with Gasteiger partial charge in [0.2, 0.25) is 5.16 Å². The van der Waals surface area contributed by atoms with Crippen molar-refractivity contribution in [3.05, 3.63) is 71.7 Å². The Hall–Kier alpha value is -3.06. The number of nitrogens with zero attached hydrogens (tertiary/aromatic N) is 4. The van der Waals surface area contributed by atoms with Crippen LogP contribution in [0.25, 0.3) is 10.9 Å². The van der Waals surface area contributed by atoms with Crippen LogP contribution < -0.4 is 0 Å². The number of aromatic nitrogens is 4. The van der Waals surface area contributed by atoms with Crippen molar-refractivity contribution in [1.82, 2.24) is 19.9 Å². The first-order chi connectivity index (χ1) is 12.8. The smallest absolute Gasteiger partial charge is 0.212 e. The van der Waals surface area contributed by atoms with E-state index in [2.05, 4.69) is 27.3 Å². The van der Waals surface area contributed by atoms with E-state index in [4.69, 9.17) is 5.10 Å². The van der Waals surface area contributed by atoms with Gasteiger partial charge in [0, 0.05) is 34.8 Å². The number of aromatic hydroxyl groups is 1. The number of benzene rings is 2. The quantitative estimate of drug-likeness (QED) is 0.586. The zero-order valence-electron chi connectivity index (χ0n) is 13.8. The number of thioether (sulfide) groups is 1. The number of hydrogen-bond donors (Lipinski definition) is 2. The van der Waals surface area contributed by atoms with Gasteiger partial charge in [0.15, 0.2) is 5.82 Å². The topological polar surface area (TPSA) is 79.1 Å². The molecule has 0 fully saturated rings. The number of aromatic amines is 1. The number of fused-ring (bicyclic) bond motifs is 2. The number of para-hydroxylation sites is 1. The van der Waals surface area contributed by atoms with Crippen molar-refractivity contribution in [2.45, 2.75) is 11.6 Å². The third-order valence-corrected chi connectivity index (χ3v) is 5.36. The number of phenolic OH excluding ortho intramolecular Hbond substituents is 1. The summed E-state index contributed by atoms with van der Waals surface area (Å²) in [5.41, 5.74) is 4.28. The van der Waals surface area contributed by atoms with Gasteiger partial charge in [-0.15, -0.1) is 10.2 Å². The zero-order chi connectivity index (χ0) is 17.5. The van der Waals surface area contributed by atoms with E-state index in [0.717, 1.165) is 39.1 Å². The average molecular weight is 361 g/mol. The molecule has 5 rings (SSSR count). The largest absolute Gasteiger partial charge is 0.508 e. The van der Waals surface area contributed by atoms with Gasteiger partial charge in [0.05, 0.1) is 5.71 Å². The van der Waals surface area contributed by atoms with Gasteiger partial charge in [-0.25, -0.2) is 0 Å². The Kier molecular flexibility index (Phi) is 3.53. The minimum atomic E-state index is 0.257. The summed E-state index contributed by atoms with van der Waals surface area (Å²) in [6, 6.07) is 15.4. The van der Waals surface area contributed by atoms with Gasteiger partial charge < -0.3 is 10.1 Å². The molecule has 128 valence electrons. The van der Waals surface area contributed by atoms with Gasteiger partial charge in [-0.1, -0.05) is 42.1 Å². The molecule has 3 heterocycles. The van der Waals surface area contributed by atoms with Gasteiger partial charge in [-0.3, -0.25) is 0 Å². The molecule has 26 heavy (non-hydrogen) atoms. The van der Waals surface area contributed by atoms with E-state index >= 15 is 0 Å². The summed E-state index contributed by atoms with van der Waals surface area (Å²) in [6.45, 7) is 0. The molecule has 6 nitrogen and oxygen atoms in total. The van der Waals surface area contributed by atoms with Crippen LogP contribution in [0.4, 0.5) is 0 Å². The predicted octanol–water partition coefficient (Wildman–Crippen LogP) is 3.41. The molecule has 2 aromatic carbocycles. The lowest BCUT2D eigenvalue weighted by Crippen LogP contribution is -2.14. The molecule has 7 heteroatoms. The Bertz CT molecular complexity index is 1130. The van der Waals surface area contributed by atoms with Crippen LogP contribution in [-0.4, -0.2) is 36.4 Å². The summed E-state index contributed by atoms with van der Waals surface area (Å²) >= 11 is 1.64. The molecule has 1 aliphatic rings. The molecule has 0 saturated carbocycles. The van der Waals surface area contributed by atoms with Gasteiger partial charge in [0.25, 0.3) is 0 Å². The number of rotatable bonds is 3. The molecule has 0 saturated heterocycles. The molecule has 1 aliphatic heterocycles. The first kappa shape index (κ1) is 15.2. The number of H-pyrrole nitrogens is 1. The summed E-state index contributed by atoms with van der Waals surface area (Å²) in [4.78, 5) is 3.31. The summed E-state index contributed by atoms with van der Waals surface area (Å²) < 4.78 is 1.83. The lowest BCUT2D eigenvalue weighted by molar-refractivity contribution is 0.475. The second-order valence-electron chi connectivity index (χ2n) is 6.14. The highest BCUT2D eigenvalue weighted by atomic mass is 32.2. The fraction of sp³-hybridized carbons (Fsp3) is 0.105. The van der Waals surface area contributed by atoms with Crippen molar-refractivity contribution in [2.75, 3.05) is 5.75 Å². The van der Waals surface area contributed by atoms with Crippen molar-refractivity contribution < 1.29 is 5.11 Å². The molecule has 4 aromatic rings. The van der Waals surface area contributed by atoms with Crippen LogP contribution in [0.2, 0.25) is 0 Å². The highest BCUT2D eigenvalue weighted by Crippen LogP contribution is 2.28. The molecule has 2 aromatic heterocycles. The fourth-order valence-corrected chi connectivity index (χ4v) is 3.96. The minimum Gasteiger partial charge on any atom is -0.508 e. The standard InChI is InChI=1S/C19H15N5OS/c25-13-7-5-12(6-8-13)9-18-21-22-19-24(18)23-17(11-26-19)15-10-20-16-4-2-1-3-14(15)16/h1-8,10,20,25H,9,11H2. The summed E-state index contributed by atoms with van der Waals surface area (Å²) in [7, 11) is 0. The molecule has 0 aliphatic carbocycles. The lowest BCUT2D eigenvalue weighted by atomic mass is 10.1. The maximum Gasteiger partial charge on any atom is 0.212 e. The van der Waals surface area contributed by atoms with E-state index < -0.39 is 0 Å². The molecule has 0 radical (unpaired) electrons. The van der Waals surface area contributed by atoms with Crippen LogP contribution in [0.3, 0.4) is 0 Å². The monoisotopic (exact) mass is 361 g/mol. The Balaban J connectivity index is 1.53. The maximum absolute atomic E-state index is 9.44. The molecule has 0 bridgehead atoms. The van der Waals surface area contributed by atoms with Crippen LogP contribution in [0.5, 0.6) is 5.75 Å². The normalized spacial score (nSPS) is 13.6. The van der Waals surface area contributed by atoms with E-state index in [1.165, 1.54) is 5.39 Å². The van der Waals surface area contributed by atoms with Gasteiger partial charge in [-0.05, 0) is 23.8 Å². The van der Waals surface area contributed by atoms with E-state index in [0.29, 0.717) is 6.42 Å². The van der Waals surface area contributed by atoms with Crippen molar-refractivity contribution in [2.24, 2.45) is 5.10 Å². The second kappa shape index (κ2) is 6.03. The third kappa shape index (κ3) is 2.57. The number of nitrogens with one attached hydrogen (secondary N) is 1. The Morgan fingerprint density at radius 1 is 1.08 bits per heavy atom. The van der Waals surface area contributed by atoms with Crippen LogP contribution >= 0.6 is 11.8 Å². The molecular formula is C19H15N5OS. The van der Waals surface area contributed by atoms with Crippen molar-refractivity contribution in [3.63, 3.8) is 0 Å². The molecule has 2 N–H and O–H groups in total. The van der Waals surface area contributed by atoms with E-state index in [1.807, 2.05) is 35.1 Å². The lowest BCUT2D eigenvalue weighted by Gasteiger charge is -2.13. The van der Waals surface area contributed by atoms with Gasteiger partial charge in [0.1, 0.15) is 5.75 Å². The van der Waals surface area contributed by atoms with Crippen LogP contribution in [0.15, 0.2) is 65.0 Å². The molecule has 0 atom stereocenters. The second-order valence-corrected chi connectivity index (χ2v) is 7.08. The molecular weight excluding hydrogens is 346 g/mol. The van der Waals surface area contributed by atoms with Gasteiger partial charge >= 0.3 is 0 Å². The first-order valence-corrected chi connectivity index (χ1v) is 9.26. The Labute approximate surface area is 153 Å². The van der Waals surface area contributed by atoms with Crippen LogP contribution in [0.1, 0.15) is 17.0 Å².